The number of aryl methyl sites for hydroxylation is 4. The van der Waals surface area contributed by atoms with Crippen LogP contribution < -0.4 is 0 Å². The summed E-state index contributed by atoms with van der Waals surface area (Å²) in [6.45, 7) is 8.19. The Morgan fingerprint density at radius 2 is 1.59 bits per heavy atom. The molecule has 2 heterocycles. The average molecular weight is 293 g/mol. The Bertz CT molecular complexity index is 801. The van der Waals surface area contributed by atoms with Crippen LogP contribution in [0.4, 0.5) is 0 Å². The van der Waals surface area contributed by atoms with Gasteiger partial charge in [-0.15, -0.1) is 0 Å². The monoisotopic (exact) mass is 293 g/mol. The van der Waals surface area contributed by atoms with Gasteiger partial charge in [-0.1, -0.05) is 29.3 Å². The molecule has 22 heavy (non-hydrogen) atoms. The van der Waals surface area contributed by atoms with E-state index >= 15 is 0 Å². The maximum absolute atomic E-state index is 5.45. The zero-order valence-corrected chi connectivity index (χ0v) is 13.3. The molecule has 1 aromatic carbocycles. The number of hydrogen-bond donors (Lipinski definition) is 0. The summed E-state index contributed by atoms with van der Waals surface area (Å²) in [5, 5.41) is 4.12. The summed E-state index contributed by atoms with van der Waals surface area (Å²) in [4.78, 5) is 9.02. The Morgan fingerprint density at radius 3 is 2.27 bits per heavy atom. The van der Waals surface area contributed by atoms with Crippen molar-refractivity contribution in [1.82, 2.24) is 15.1 Å². The van der Waals surface area contributed by atoms with E-state index in [1.807, 2.05) is 19.1 Å². The van der Waals surface area contributed by atoms with Crippen LogP contribution in [0.2, 0.25) is 0 Å². The van der Waals surface area contributed by atoms with E-state index in [0.717, 1.165) is 28.9 Å². The molecule has 0 bridgehead atoms. The van der Waals surface area contributed by atoms with Gasteiger partial charge in [-0.2, -0.15) is 4.98 Å². The van der Waals surface area contributed by atoms with E-state index in [-0.39, 0.29) is 0 Å². The third-order valence-corrected chi connectivity index (χ3v) is 3.52. The minimum absolute atomic E-state index is 0.536. The summed E-state index contributed by atoms with van der Waals surface area (Å²) < 4.78 is 5.45. The SMILES string of the molecule is CCc1cc(-c2nc(-c3cc(C)cc(C)c3)no2)cc(C)n1. The minimum Gasteiger partial charge on any atom is -0.334 e. The zero-order valence-electron chi connectivity index (χ0n) is 13.3. The average Bonchev–Trinajstić information content (AvgIpc) is 2.95. The fourth-order valence-electron chi connectivity index (χ4n) is 2.60. The molecular weight excluding hydrogens is 274 g/mol. The number of aromatic nitrogens is 3. The molecule has 0 radical (unpaired) electrons. The molecule has 0 fully saturated rings. The van der Waals surface area contributed by atoms with Crippen LogP contribution in [-0.2, 0) is 6.42 Å². The van der Waals surface area contributed by atoms with Crippen LogP contribution >= 0.6 is 0 Å². The van der Waals surface area contributed by atoms with Gasteiger partial charge < -0.3 is 4.52 Å². The molecule has 0 unspecified atom stereocenters. The van der Waals surface area contributed by atoms with Crippen LogP contribution in [0.1, 0.15) is 29.4 Å². The van der Waals surface area contributed by atoms with Gasteiger partial charge in [-0.05, 0) is 51.5 Å². The number of benzene rings is 1. The number of nitrogens with zero attached hydrogens (tertiary/aromatic N) is 3. The summed E-state index contributed by atoms with van der Waals surface area (Å²) >= 11 is 0. The van der Waals surface area contributed by atoms with Gasteiger partial charge >= 0.3 is 0 Å². The third kappa shape index (κ3) is 2.91. The first-order chi connectivity index (χ1) is 10.5. The lowest BCUT2D eigenvalue weighted by atomic mass is 10.1. The van der Waals surface area contributed by atoms with Crippen LogP contribution in [0.25, 0.3) is 22.8 Å². The molecule has 4 nitrogen and oxygen atoms in total. The van der Waals surface area contributed by atoms with Gasteiger partial charge in [-0.3, -0.25) is 4.98 Å². The van der Waals surface area contributed by atoms with E-state index in [1.165, 1.54) is 11.1 Å². The van der Waals surface area contributed by atoms with Gasteiger partial charge in [0.25, 0.3) is 5.89 Å². The summed E-state index contributed by atoms with van der Waals surface area (Å²) in [6.07, 6.45) is 0.882. The van der Waals surface area contributed by atoms with E-state index in [4.69, 9.17) is 4.52 Å². The Hall–Kier alpha value is -2.49. The Kier molecular flexibility index (Phi) is 3.75. The van der Waals surface area contributed by atoms with Gasteiger partial charge in [-0.25, -0.2) is 0 Å². The molecule has 0 aliphatic heterocycles. The summed E-state index contributed by atoms with van der Waals surface area (Å²) in [5.41, 5.74) is 6.27. The minimum atomic E-state index is 0.536. The van der Waals surface area contributed by atoms with Crippen molar-refractivity contribution in [2.24, 2.45) is 0 Å². The number of rotatable bonds is 3. The van der Waals surface area contributed by atoms with Crippen LogP contribution in [0.15, 0.2) is 34.9 Å². The topological polar surface area (TPSA) is 51.8 Å². The fourth-order valence-corrected chi connectivity index (χ4v) is 2.60. The van der Waals surface area contributed by atoms with Crippen molar-refractivity contribution in [1.29, 1.82) is 0 Å². The normalized spacial score (nSPS) is 10.9. The van der Waals surface area contributed by atoms with Crippen molar-refractivity contribution < 1.29 is 4.52 Å². The molecule has 0 aliphatic rings. The first kappa shape index (κ1) is 14.4. The van der Waals surface area contributed by atoms with E-state index in [1.54, 1.807) is 0 Å². The maximum Gasteiger partial charge on any atom is 0.258 e. The van der Waals surface area contributed by atoms with Crippen molar-refractivity contribution in [3.63, 3.8) is 0 Å². The number of pyridine rings is 1. The highest BCUT2D eigenvalue weighted by molar-refractivity contribution is 5.61. The molecular formula is C18H19N3O. The lowest BCUT2D eigenvalue weighted by Crippen LogP contribution is -1.92. The highest BCUT2D eigenvalue weighted by Gasteiger charge is 2.12. The lowest BCUT2D eigenvalue weighted by molar-refractivity contribution is 0.432. The van der Waals surface area contributed by atoms with E-state index < -0.39 is 0 Å². The van der Waals surface area contributed by atoms with Crippen LogP contribution in [-0.4, -0.2) is 15.1 Å². The molecule has 2 aromatic heterocycles. The van der Waals surface area contributed by atoms with Crippen molar-refractivity contribution >= 4 is 0 Å². The van der Waals surface area contributed by atoms with Crippen molar-refractivity contribution in [2.75, 3.05) is 0 Å². The van der Waals surface area contributed by atoms with Crippen molar-refractivity contribution in [2.45, 2.75) is 34.1 Å². The van der Waals surface area contributed by atoms with Gasteiger partial charge in [0.1, 0.15) is 0 Å². The van der Waals surface area contributed by atoms with Crippen molar-refractivity contribution in [3.05, 3.63) is 52.8 Å². The molecule has 0 N–H and O–H groups in total. The highest BCUT2D eigenvalue weighted by Crippen LogP contribution is 2.24. The molecule has 0 amide bonds. The third-order valence-electron chi connectivity index (χ3n) is 3.52. The first-order valence-corrected chi connectivity index (χ1v) is 7.45. The van der Waals surface area contributed by atoms with Gasteiger partial charge in [0.05, 0.1) is 0 Å². The fraction of sp³-hybridized carbons (Fsp3) is 0.278. The first-order valence-electron chi connectivity index (χ1n) is 7.45. The molecule has 0 atom stereocenters. The Balaban J connectivity index is 2.02. The molecule has 3 rings (SSSR count). The molecule has 0 spiro atoms. The van der Waals surface area contributed by atoms with Crippen LogP contribution in [0.3, 0.4) is 0 Å². The van der Waals surface area contributed by atoms with E-state index in [0.29, 0.717) is 11.7 Å². The highest BCUT2D eigenvalue weighted by atomic mass is 16.5. The lowest BCUT2D eigenvalue weighted by Gasteiger charge is -2.01. The second-order valence-corrected chi connectivity index (χ2v) is 5.64. The number of hydrogen-bond acceptors (Lipinski definition) is 4. The van der Waals surface area contributed by atoms with Crippen LogP contribution in [0, 0.1) is 20.8 Å². The second kappa shape index (κ2) is 5.72. The molecule has 3 aromatic rings. The molecule has 112 valence electrons. The Labute approximate surface area is 130 Å². The summed E-state index contributed by atoms with van der Waals surface area (Å²) in [7, 11) is 0. The molecule has 0 saturated carbocycles. The summed E-state index contributed by atoms with van der Waals surface area (Å²) in [6, 6.07) is 10.2. The smallest absolute Gasteiger partial charge is 0.258 e. The van der Waals surface area contributed by atoms with E-state index in [2.05, 4.69) is 54.1 Å². The standard InChI is InChI=1S/C18H19N3O/c1-5-16-10-15(9-13(4)19-16)18-20-17(21-22-18)14-7-11(2)6-12(3)8-14/h6-10H,5H2,1-4H3. The van der Waals surface area contributed by atoms with Crippen LogP contribution in [0.5, 0.6) is 0 Å². The van der Waals surface area contributed by atoms with E-state index in [9.17, 15) is 0 Å². The van der Waals surface area contributed by atoms with Gasteiger partial charge in [0, 0.05) is 22.5 Å². The second-order valence-electron chi connectivity index (χ2n) is 5.64. The zero-order chi connectivity index (χ0) is 15.7. The predicted molar refractivity (Wildman–Crippen MR) is 86.6 cm³/mol. The van der Waals surface area contributed by atoms with Gasteiger partial charge in [0.15, 0.2) is 0 Å². The maximum atomic E-state index is 5.45. The Morgan fingerprint density at radius 1 is 0.864 bits per heavy atom. The van der Waals surface area contributed by atoms with Crippen molar-refractivity contribution in [3.8, 4) is 22.8 Å². The molecule has 4 heteroatoms. The predicted octanol–water partition coefficient (Wildman–Crippen LogP) is 4.29. The van der Waals surface area contributed by atoms with Gasteiger partial charge in [0.2, 0.25) is 5.82 Å². The molecule has 0 saturated heterocycles. The largest absolute Gasteiger partial charge is 0.334 e. The molecule has 0 aliphatic carbocycles. The quantitative estimate of drug-likeness (QED) is 0.723. The summed E-state index contributed by atoms with van der Waals surface area (Å²) in [5.74, 6) is 1.16.